The van der Waals surface area contributed by atoms with Crippen molar-refractivity contribution >= 4 is 17.6 Å². The van der Waals surface area contributed by atoms with Crippen molar-refractivity contribution in [2.45, 2.75) is 88.9 Å². The normalized spacial score (nSPS) is 39.3. The number of hydrogen-bond acceptors (Lipinski definition) is 5. The number of aromatic nitrogens is 3. The molecule has 8 nitrogen and oxygen atoms in total. The molecule has 0 atom stereocenters. The zero-order valence-corrected chi connectivity index (χ0v) is 22.4. The molecular weight excluding hydrogens is 492 g/mol. The lowest BCUT2D eigenvalue weighted by Crippen LogP contribution is -2.51. The largest absolute Gasteiger partial charge is 0.478 e. The first-order chi connectivity index (χ1) is 18.9. The number of amides is 1. The predicted octanol–water partition coefficient (Wildman–Crippen LogP) is 5.71. The Hall–Kier alpha value is -2.74. The summed E-state index contributed by atoms with van der Waals surface area (Å²) >= 11 is 0. The minimum absolute atomic E-state index is 0.0787. The van der Waals surface area contributed by atoms with Crippen LogP contribution in [0.3, 0.4) is 0 Å². The molecule has 1 heterocycles. The fraction of sp³-hybridized carbons (Fsp3) is 0.677. The van der Waals surface area contributed by atoms with Crippen LogP contribution in [-0.2, 0) is 11.3 Å². The van der Waals surface area contributed by atoms with Gasteiger partial charge < -0.3 is 15.2 Å². The number of nitrogens with one attached hydrogen (secondary N) is 1. The van der Waals surface area contributed by atoms with Gasteiger partial charge >= 0.3 is 5.97 Å². The fourth-order valence-electron chi connectivity index (χ4n) is 10.4. The van der Waals surface area contributed by atoms with E-state index in [1.807, 2.05) is 4.80 Å². The lowest BCUT2D eigenvalue weighted by atomic mass is 9.54. The van der Waals surface area contributed by atoms with Crippen LogP contribution in [0.15, 0.2) is 24.3 Å². The van der Waals surface area contributed by atoms with Crippen molar-refractivity contribution in [1.82, 2.24) is 15.0 Å². The predicted molar refractivity (Wildman–Crippen MR) is 143 cm³/mol. The number of ether oxygens (including phenoxy) is 1. The van der Waals surface area contributed by atoms with Gasteiger partial charge in [-0.25, -0.2) is 4.79 Å². The van der Waals surface area contributed by atoms with Gasteiger partial charge in [-0.1, -0.05) is 6.07 Å². The zero-order chi connectivity index (χ0) is 26.3. The maximum Gasteiger partial charge on any atom is 0.335 e. The molecule has 8 heteroatoms. The Kier molecular flexibility index (Phi) is 5.49. The average molecular weight is 531 g/mol. The van der Waals surface area contributed by atoms with Gasteiger partial charge in [0.15, 0.2) is 5.69 Å². The van der Waals surface area contributed by atoms with Crippen molar-refractivity contribution in [3.05, 3.63) is 41.2 Å². The third-order valence-electron chi connectivity index (χ3n) is 11.2. The summed E-state index contributed by atoms with van der Waals surface area (Å²) in [5.74, 6) is 3.85. The van der Waals surface area contributed by atoms with Gasteiger partial charge in [-0.2, -0.15) is 9.90 Å². The number of benzene rings is 1. The molecule has 39 heavy (non-hydrogen) atoms. The molecule has 0 radical (unpaired) electrons. The second-order valence-electron chi connectivity index (χ2n) is 14.0. The van der Waals surface area contributed by atoms with Crippen LogP contribution in [0.5, 0.6) is 0 Å². The van der Waals surface area contributed by atoms with Crippen molar-refractivity contribution in [2.75, 3.05) is 5.32 Å². The summed E-state index contributed by atoms with van der Waals surface area (Å²) in [7, 11) is 0. The first kappa shape index (κ1) is 24.1. The molecule has 8 aliphatic rings. The van der Waals surface area contributed by atoms with Crippen LogP contribution in [0.25, 0.3) is 0 Å². The Morgan fingerprint density at radius 2 is 1.51 bits per heavy atom. The average Bonchev–Trinajstić information content (AvgIpc) is 3.30. The smallest absolute Gasteiger partial charge is 0.335 e. The highest BCUT2D eigenvalue weighted by Gasteiger charge is 2.52. The topological polar surface area (TPSA) is 106 Å². The van der Waals surface area contributed by atoms with Gasteiger partial charge in [0.05, 0.1) is 23.8 Å². The number of rotatable bonds is 7. The molecule has 0 unspecified atom stereocenters. The number of carbonyl (C=O) groups is 2. The summed E-state index contributed by atoms with van der Waals surface area (Å²) in [4.78, 5) is 26.9. The quantitative estimate of drug-likeness (QED) is 0.475. The summed E-state index contributed by atoms with van der Waals surface area (Å²) < 4.78 is 6.77. The van der Waals surface area contributed by atoms with E-state index in [2.05, 4.69) is 5.32 Å². The molecule has 0 spiro atoms. The van der Waals surface area contributed by atoms with Gasteiger partial charge in [0.1, 0.15) is 5.69 Å². The maximum absolute atomic E-state index is 13.6. The van der Waals surface area contributed by atoms with E-state index in [0.29, 0.717) is 35.5 Å². The molecule has 2 N–H and O–H groups in total. The molecule has 2 aromatic rings. The lowest BCUT2D eigenvalue weighted by Gasteiger charge is -2.56. The van der Waals surface area contributed by atoms with Crippen LogP contribution in [0.4, 0.5) is 5.69 Å². The SMILES string of the molecule is O=C(O)c1cccc(NC(=O)c2nn(C3C4CC5CC(C4)CC3C5)nc2COC23CC4CC(CC(C4)C2)C3)c1. The van der Waals surface area contributed by atoms with Gasteiger partial charge in [0, 0.05) is 5.69 Å². The van der Waals surface area contributed by atoms with Crippen molar-refractivity contribution in [2.24, 2.45) is 41.4 Å². The number of carboxylic acids is 1. The van der Waals surface area contributed by atoms with E-state index >= 15 is 0 Å². The van der Waals surface area contributed by atoms with Crippen molar-refractivity contribution < 1.29 is 19.4 Å². The maximum atomic E-state index is 13.6. The number of carbonyl (C=O) groups excluding carboxylic acids is 1. The second kappa shape index (κ2) is 8.88. The van der Waals surface area contributed by atoms with Crippen LogP contribution >= 0.6 is 0 Å². The molecule has 0 saturated heterocycles. The Balaban J connectivity index is 1.08. The van der Waals surface area contributed by atoms with Gasteiger partial charge in [-0.05, 0) is 130 Å². The molecule has 0 aliphatic heterocycles. The number of aromatic carboxylic acids is 1. The lowest BCUT2D eigenvalue weighted by molar-refractivity contribution is -0.169. The minimum atomic E-state index is -1.02. The van der Waals surface area contributed by atoms with Crippen molar-refractivity contribution in [1.29, 1.82) is 0 Å². The third-order valence-corrected chi connectivity index (χ3v) is 11.2. The number of carboxylic acid groups (broad SMARTS) is 1. The molecule has 8 bridgehead atoms. The van der Waals surface area contributed by atoms with Crippen LogP contribution in [0, 0.1) is 41.4 Å². The number of anilines is 1. The molecule has 206 valence electrons. The molecule has 10 rings (SSSR count). The van der Waals surface area contributed by atoms with Gasteiger partial charge in [-0.15, -0.1) is 5.10 Å². The van der Waals surface area contributed by atoms with E-state index in [9.17, 15) is 14.7 Å². The summed E-state index contributed by atoms with van der Waals surface area (Å²) in [6, 6.07) is 6.60. The zero-order valence-electron chi connectivity index (χ0n) is 22.4. The highest BCUT2D eigenvalue weighted by atomic mass is 16.5. The summed E-state index contributed by atoms with van der Waals surface area (Å²) in [5.41, 5.74) is 1.43. The Morgan fingerprint density at radius 1 is 0.897 bits per heavy atom. The van der Waals surface area contributed by atoms with E-state index in [1.54, 1.807) is 12.1 Å². The fourth-order valence-corrected chi connectivity index (χ4v) is 10.4. The van der Waals surface area contributed by atoms with Crippen LogP contribution in [-0.4, -0.2) is 37.6 Å². The van der Waals surface area contributed by atoms with Gasteiger partial charge in [-0.3, -0.25) is 4.79 Å². The summed E-state index contributed by atoms with van der Waals surface area (Å²) in [6.07, 6.45) is 13.9. The first-order valence-electron chi connectivity index (χ1n) is 15.1. The molecular formula is C31H38N4O4. The Morgan fingerprint density at radius 3 is 2.13 bits per heavy atom. The molecule has 1 aromatic carbocycles. The number of nitrogens with zero attached hydrogens (tertiary/aromatic N) is 3. The van der Waals surface area contributed by atoms with E-state index < -0.39 is 5.97 Å². The van der Waals surface area contributed by atoms with Crippen molar-refractivity contribution in [3.63, 3.8) is 0 Å². The third kappa shape index (κ3) is 4.21. The molecule has 1 amide bonds. The number of hydrogen-bond donors (Lipinski definition) is 2. The van der Waals surface area contributed by atoms with Crippen LogP contribution in [0.1, 0.15) is 103 Å². The molecule has 1 aromatic heterocycles. The molecule has 8 fully saturated rings. The monoisotopic (exact) mass is 530 g/mol. The highest BCUT2D eigenvalue weighted by molar-refractivity contribution is 6.04. The summed E-state index contributed by atoms with van der Waals surface area (Å²) in [5, 5.41) is 22.2. The van der Waals surface area contributed by atoms with Crippen molar-refractivity contribution in [3.8, 4) is 0 Å². The van der Waals surface area contributed by atoms with Crippen LogP contribution < -0.4 is 5.32 Å². The Bertz CT molecular complexity index is 1250. The van der Waals surface area contributed by atoms with Gasteiger partial charge in [0.2, 0.25) is 0 Å². The Labute approximate surface area is 228 Å². The first-order valence-corrected chi connectivity index (χ1v) is 15.1. The second-order valence-corrected chi connectivity index (χ2v) is 14.0. The van der Waals surface area contributed by atoms with E-state index in [-0.39, 0.29) is 23.1 Å². The highest BCUT2D eigenvalue weighted by Crippen LogP contribution is 2.59. The molecule has 8 aliphatic carbocycles. The molecule has 8 saturated carbocycles. The van der Waals surface area contributed by atoms with Gasteiger partial charge in [0.25, 0.3) is 5.91 Å². The van der Waals surface area contributed by atoms with E-state index in [0.717, 1.165) is 48.9 Å². The standard InChI is InChI=1S/C31H38N4O4/c36-29(32-25-3-1-2-22(12-25)30(37)38)27-26(16-39-31-13-19-5-20(14-31)7-21(6-19)15-31)33-35(34-27)28-23-8-17-4-18(10-23)11-24(28)9-17/h1-3,12,17-21,23-24,28H,4-11,13-16H2,(H,32,36)(H,37,38). The van der Waals surface area contributed by atoms with Crippen LogP contribution in [0.2, 0.25) is 0 Å². The van der Waals surface area contributed by atoms with E-state index in [1.165, 1.54) is 63.5 Å². The summed E-state index contributed by atoms with van der Waals surface area (Å²) in [6.45, 7) is 0.303. The minimum Gasteiger partial charge on any atom is -0.478 e. The van der Waals surface area contributed by atoms with E-state index in [4.69, 9.17) is 14.9 Å².